The highest BCUT2D eigenvalue weighted by atomic mass is 19.4. The summed E-state index contributed by atoms with van der Waals surface area (Å²) in [5, 5.41) is 9.00. The number of carbonyl (C=O) groups excluding carboxylic acids is 1. The number of hydrogen-bond acceptors (Lipinski definition) is 4. The second-order valence-electron chi connectivity index (χ2n) is 7.74. The maximum absolute atomic E-state index is 12.6. The van der Waals surface area contributed by atoms with Gasteiger partial charge < -0.3 is 19.6 Å². The lowest BCUT2D eigenvalue weighted by molar-refractivity contribution is -0.137. The Labute approximate surface area is 182 Å². The molecule has 1 aromatic rings. The number of amides is 1. The van der Waals surface area contributed by atoms with E-state index >= 15 is 0 Å². The van der Waals surface area contributed by atoms with E-state index in [1.165, 1.54) is 4.90 Å². The molecular weight excluding hydrogens is 409 g/mol. The van der Waals surface area contributed by atoms with E-state index in [0.29, 0.717) is 12.5 Å². The number of likely N-dealkylation sites (N-methyl/N-ethyl adjacent to an activating group) is 1. The molecule has 0 radical (unpaired) electrons. The number of aliphatic hydroxyl groups excluding tert-OH is 1. The van der Waals surface area contributed by atoms with Gasteiger partial charge in [-0.15, -0.1) is 5.92 Å². The molecule has 0 atom stereocenters. The largest absolute Gasteiger partial charge is 0.416 e. The molecule has 0 heterocycles. The van der Waals surface area contributed by atoms with Crippen LogP contribution in [0.3, 0.4) is 0 Å². The number of halogens is 3. The molecule has 1 aliphatic rings. The van der Waals surface area contributed by atoms with Crippen LogP contribution in [0.1, 0.15) is 44.6 Å². The predicted octanol–water partition coefficient (Wildman–Crippen LogP) is 4.40. The lowest BCUT2D eigenvalue weighted by Crippen LogP contribution is -2.40. The second kappa shape index (κ2) is 12.0. The highest BCUT2D eigenvalue weighted by molar-refractivity contribution is 5.70. The van der Waals surface area contributed by atoms with Gasteiger partial charge in [0.15, 0.2) is 0 Å². The average Bonchev–Trinajstić information content (AvgIpc) is 2.75. The number of aliphatic hydroxyl groups is 1. The summed E-state index contributed by atoms with van der Waals surface area (Å²) in [5.41, 5.74) is -0.782. The number of carbonyl (C=O) groups is 1. The molecule has 5 nitrogen and oxygen atoms in total. The fourth-order valence-electron chi connectivity index (χ4n) is 3.64. The van der Waals surface area contributed by atoms with Gasteiger partial charge >= 0.3 is 12.3 Å². The van der Waals surface area contributed by atoms with Gasteiger partial charge in [-0.2, -0.15) is 13.2 Å². The quantitative estimate of drug-likeness (QED) is 0.639. The van der Waals surface area contributed by atoms with E-state index in [-0.39, 0.29) is 18.4 Å². The smallest absolute Gasteiger partial charge is 0.410 e. The lowest BCUT2D eigenvalue weighted by atomic mass is 9.86. The third kappa shape index (κ3) is 8.08. The van der Waals surface area contributed by atoms with E-state index in [9.17, 15) is 18.0 Å². The van der Waals surface area contributed by atoms with Crippen LogP contribution in [-0.2, 0) is 6.18 Å². The van der Waals surface area contributed by atoms with E-state index in [1.54, 1.807) is 7.05 Å². The molecule has 31 heavy (non-hydrogen) atoms. The van der Waals surface area contributed by atoms with Crippen molar-refractivity contribution in [2.24, 2.45) is 5.92 Å². The molecule has 1 saturated carbocycles. The molecule has 1 fully saturated rings. The Bertz CT molecular complexity index is 748. The first kappa shape index (κ1) is 25.0. The van der Waals surface area contributed by atoms with Crippen molar-refractivity contribution in [3.63, 3.8) is 0 Å². The summed E-state index contributed by atoms with van der Waals surface area (Å²) in [5.74, 6) is 6.96. The molecule has 1 amide bonds. The van der Waals surface area contributed by atoms with Gasteiger partial charge in [0, 0.05) is 38.5 Å². The Morgan fingerprint density at radius 2 is 1.81 bits per heavy atom. The molecular formula is C23H31F3N2O3. The molecule has 1 aromatic carbocycles. The molecule has 172 valence electrons. The number of hydrogen-bond donors (Lipinski definition) is 1. The Balaban J connectivity index is 1.76. The first-order valence-corrected chi connectivity index (χ1v) is 10.7. The van der Waals surface area contributed by atoms with Crippen LogP contribution >= 0.6 is 0 Å². The first-order valence-electron chi connectivity index (χ1n) is 10.7. The molecule has 1 N–H and O–H groups in total. The Hall–Kier alpha value is -2.24. The van der Waals surface area contributed by atoms with Crippen LogP contribution in [0, 0.1) is 17.8 Å². The van der Waals surface area contributed by atoms with E-state index in [4.69, 9.17) is 9.84 Å². The van der Waals surface area contributed by atoms with Gasteiger partial charge in [0.2, 0.25) is 0 Å². The van der Waals surface area contributed by atoms with Crippen LogP contribution in [0.5, 0.6) is 5.75 Å². The minimum Gasteiger partial charge on any atom is -0.410 e. The molecule has 0 unspecified atom stereocenters. The molecule has 0 bridgehead atoms. The van der Waals surface area contributed by atoms with Crippen molar-refractivity contribution >= 4 is 6.09 Å². The maximum Gasteiger partial charge on any atom is 0.416 e. The normalized spacial score (nSPS) is 18.9. The summed E-state index contributed by atoms with van der Waals surface area (Å²) in [4.78, 5) is 16.0. The first-order chi connectivity index (χ1) is 14.7. The minimum absolute atomic E-state index is 0.0279. The summed E-state index contributed by atoms with van der Waals surface area (Å²) < 4.78 is 43.1. The fraction of sp³-hybridized carbons (Fsp3) is 0.609. The van der Waals surface area contributed by atoms with Crippen molar-refractivity contribution in [2.45, 2.75) is 51.2 Å². The van der Waals surface area contributed by atoms with Gasteiger partial charge in [0.1, 0.15) is 5.75 Å². The van der Waals surface area contributed by atoms with Crippen LogP contribution in [0.15, 0.2) is 24.3 Å². The molecule has 0 saturated heterocycles. The summed E-state index contributed by atoms with van der Waals surface area (Å²) in [6.07, 6.45) is -0.818. The molecule has 1 aliphatic carbocycles. The SMILES string of the molecule is CCN(CCO)CCC#C[C@H]1CC[C@H](N(C)C(=O)Oc2ccc(C(F)(F)F)cc2)CC1. The van der Waals surface area contributed by atoms with Crippen molar-refractivity contribution in [3.05, 3.63) is 29.8 Å². The Kier molecular flexibility index (Phi) is 9.66. The lowest BCUT2D eigenvalue weighted by Gasteiger charge is -2.32. The van der Waals surface area contributed by atoms with Crippen molar-refractivity contribution in [1.29, 1.82) is 0 Å². The number of rotatable bonds is 7. The fourth-order valence-corrected chi connectivity index (χ4v) is 3.64. The van der Waals surface area contributed by atoms with Gasteiger partial charge in [-0.25, -0.2) is 4.79 Å². The molecule has 0 spiro atoms. The number of benzene rings is 1. The highest BCUT2D eigenvalue weighted by Gasteiger charge is 2.30. The maximum atomic E-state index is 12.6. The second-order valence-corrected chi connectivity index (χ2v) is 7.74. The van der Waals surface area contributed by atoms with Crippen LogP contribution in [0.2, 0.25) is 0 Å². The van der Waals surface area contributed by atoms with Gasteiger partial charge in [0.05, 0.1) is 12.2 Å². The number of nitrogens with zero attached hydrogens (tertiary/aromatic N) is 2. The highest BCUT2D eigenvalue weighted by Crippen LogP contribution is 2.31. The van der Waals surface area contributed by atoms with Gasteiger partial charge in [-0.05, 0) is 56.5 Å². The zero-order valence-corrected chi connectivity index (χ0v) is 18.1. The average molecular weight is 441 g/mol. The Morgan fingerprint density at radius 3 is 2.35 bits per heavy atom. The van der Waals surface area contributed by atoms with Gasteiger partial charge in [-0.1, -0.05) is 12.8 Å². The molecule has 0 aromatic heterocycles. The molecule has 8 heteroatoms. The predicted molar refractivity (Wildman–Crippen MR) is 113 cm³/mol. The van der Waals surface area contributed by atoms with Crippen molar-refractivity contribution in [3.8, 4) is 17.6 Å². The molecule has 0 aliphatic heterocycles. The summed E-state index contributed by atoms with van der Waals surface area (Å²) in [6, 6.07) is 4.13. The number of alkyl halides is 3. The van der Waals surface area contributed by atoms with E-state index in [2.05, 4.69) is 23.7 Å². The van der Waals surface area contributed by atoms with E-state index in [0.717, 1.165) is 69.5 Å². The van der Waals surface area contributed by atoms with Crippen molar-refractivity contribution in [1.82, 2.24) is 9.80 Å². The summed E-state index contributed by atoms with van der Waals surface area (Å²) in [7, 11) is 1.66. The topological polar surface area (TPSA) is 53.0 Å². The summed E-state index contributed by atoms with van der Waals surface area (Å²) in [6.45, 7) is 4.61. The third-order valence-corrected chi connectivity index (χ3v) is 5.64. The van der Waals surface area contributed by atoms with Crippen molar-refractivity contribution < 1.29 is 27.8 Å². The number of ether oxygens (including phenoxy) is 1. The third-order valence-electron chi connectivity index (χ3n) is 5.64. The standard InChI is InChI=1S/C23H31F3N2O3/c1-3-28(16-17-29)15-5-4-6-18-7-11-20(12-8-18)27(2)22(30)31-21-13-9-19(10-14-21)23(24,25)26/h9-10,13-14,18,20,29H,3,5,7-8,11-12,15-17H2,1-2H3/t18-,20-. The zero-order valence-electron chi connectivity index (χ0n) is 18.1. The van der Waals surface area contributed by atoms with Crippen LogP contribution in [0.4, 0.5) is 18.0 Å². The van der Waals surface area contributed by atoms with Crippen LogP contribution in [-0.4, -0.2) is 60.3 Å². The van der Waals surface area contributed by atoms with Crippen LogP contribution in [0.25, 0.3) is 0 Å². The van der Waals surface area contributed by atoms with Gasteiger partial charge in [-0.3, -0.25) is 0 Å². The summed E-state index contributed by atoms with van der Waals surface area (Å²) >= 11 is 0. The molecule has 2 rings (SSSR count). The van der Waals surface area contributed by atoms with Crippen molar-refractivity contribution in [2.75, 3.05) is 33.3 Å². The van der Waals surface area contributed by atoms with Gasteiger partial charge in [0.25, 0.3) is 0 Å². The minimum atomic E-state index is -4.42. The van der Waals surface area contributed by atoms with E-state index < -0.39 is 17.8 Å². The van der Waals surface area contributed by atoms with Crippen LogP contribution < -0.4 is 4.74 Å². The monoisotopic (exact) mass is 440 g/mol. The Morgan fingerprint density at radius 1 is 1.16 bits per heavy atom. The van der Waals surface area contributed by atoms with E-state index in [1.807, 2.05) is 0 Å². The zero-order chi connectivity index (χ0) is 22.9.